The van der Waals surface area contributed by atoms with E-state index in [9.17, 15) is 0 Å². The van der Waals surface area contributed by atoms with E-state index in [1.165, 1.54) is 0 Å². The van der Waals surface area contributed by atoms with Crippen LogP contribution in [0.5, 0.6) is 0 Å². The van der Waals surface area contributed by atoms with Crippen molar-refractivity contribution in [2.45, 2.75) is 13.5 Å². The van der Waals surface area contributed by atoms with Crippen molar-refractivity contribution in [2.24, 2.45) is 0 Å². The van der Waals surface area contributed by atoms with Crippen LogP contribution in [0, 0.1) is 0 Å². The van der Waals surface area contributed by atoms with Crippen LogP contribution in [0.2, 0.25) is 10.0 Å². The van der Waals surface area contributed by atoms with Crippen molar-refractivity contribution in [1.82, 2.24) is 10.2 Å². The van der Waals surface area contributed by atoms with E-state index in [0.717, 1.165) is 41.8 Å². The van der Waals surface area contributed by atoms with Gasteiger partial charge in [0.05, 0.1) is 0 Å². The molecule has 1 aromatic rings. The zero-order chi connectivity index (χ0) is 12.0. The molecule has 0 radical (unpaired) electrons. The van der Waals surface area contributed by atoms with Crippen LogP contribution in [0.3, 0.4) is 0 Å². The van der Waals surface area contributed by atoms with Crippen LogP contribution in [0.15, 0.2) is 18.2 Å². The minimum Gasteiger partial charge on any atom is -0.311 e. The topological polar surface area (TPSA) is 15.3 Å². The fraction of sp³-hybridized carbons (Fsp3) is 0.500. The second kappa shape index (κ2) is 7.13. The van der Waals surface area contributed by atoms with Gasteiger partial charge in [0, 0.05) is 29.7 Å². The lowest BCUT2D eigenvalue weighted by Crippen LogP contribution is -2.28. The van der Waals surface area contributed by atoms with Gasteiger partial charge in [0.25, 0.3) is 0 Å². The number of benzene rings is 1. The van der Waals surface area contributed by atoms with Gasteiger partial charge in [-0.15, -0.1) is 0 Å². The summed E-state index contributed by atoms with van der Waals surface area (Å²) in [6.07, 6.45) is 0. The number of rotatable bonds is 6. The maximum atomic E-state index is 6.06. The van der Waals surface area contributed by atoms with Crippen molar-refractivity contribution in [3.05, 3.63) is 33.8 Å². The SMILES string of the molecule is CCN(C)CCNCc1cc(Cl)ccc1Cl. The molecule has 0 aliphatic rings. The summed E-state index contributed by atoms with van der Waals surface area (Å²) in [6, 6.07) is 5.54. The van der Waals surface area contributed by atoms with Gasteiger partial charge in [0.1, 0.15) is 0 Å². The van der Waals surface area contributed by atoms with Gasteiger partial charge in [-0.3, -0.25) is 0 Å². The molecule has 2 nitrogen and oxygen atoms in total. The molecule has 1 N–H and O–H groups in total. The molecule has 0 aliphatic carbocycles. The third-order valence-electron chi connectivity index (χ3n) is 2.53. The summed E-state index contributed by atoms with van der Waals surface area (Å²) in [4.78, 5) is 2.26. The highest BCUT2D eigenvalue weighted by atomic mass is 35.5. The standard InChI is InChI=1S/C12H18Cl2N2/c1-3-16(2)7-6-15-9-10-8-11(13)4-5-12(10)14/h4-5,8,15H,3,6-7,9H2,1-2H3. The summed E-state index contributed by atoms with van der Waals surface area (Å²) in [5, 5.41) is 4.84. The Morgan fingerprint density at radius 1 is 1.31 bits per heavy atom. The molecule has 0 atom stereocenters. The molecule has 16 heavy (non-hydrogen) atoms. The van der Waals surface area contributed by atoms with Crippen LogP contribution in [0.1, 0.15) is 12.5 Å². The number of halogens is 2. The van der Waals surface area contributed by atoms with Crippen LogP contribution in [-0.4, -0.2) is 31.6 Å². The highest BCUT2D eigenvalue weighted by Crippen LogP contribution is 2.20. The molecule has 0 bridgehead atoms. The fourth-order valence-electron chi connectivity index (χ4n) is 1.33. The first-order chi connectivity index (χ1) is 7.63. The zero-order valence-electron chi connectivity index (χ0n) is 9.76. The second-order valence-electron chi connectivity index (χ2n) is 3.81. The summed E-state index contributed by atoms with van der Waals surface area (Å²) in [5.74, 6) is 0. The molecule has 0 fully saturated rings. The number of nitrogens with zero attached hydrogens (tertiary/aromatic N) is 1. The molecule has 0 amide bonds. The molecule has 0 unspecified atom stereocenters. The average Bonchev–Trinajstić information content (AvgIpc) is 2.28. The number of likely N-dealkylation sites (N-methyl/N-ethyl adjacent to an activating group) is 1. The van der Waals surface area contributed by atoms with Gasteiger partial charge in [0.15, 0.2) is 0 Å². The van der Waals surface area contributed by atoms with Crippen LogP contribution < -0.4 is 5.32 Å². The lowest BCUT2D eigenvalue weighted by atomic mass is 10.2. The maximum Gasteiger partial charge on any atom is 0.0451 e. The summed E-state index contributed by atoms with van der Waals surface area (Å²) < 4.78 is 0. The molecule has 0 aliphatic heterocycles. The number of nitrogens with one attached hydrogen (secondary N) is 1. The van der Waals surface area contributed by atoms with Crippen LogP contribution in [-0.2, 0) is 6.54 Å². The average molecular weight is 261 g/mol. The van der Waals surface area contributed by atoms with Crippen LogP contribution in [0.25, 0.3) is 0 Å². The highest BCUT2D eigenvalue weighted by molar-refractivity contribution is 6.33. The largest absolute Gasteiger partial charge is 0.311 e. The molecule has 0 saturated carbocycles. The van der Waals surface area contributed by atoms with Gasteiger partial charge in [-0.1, -0.05) is 30.1 Å². The zero-order valence-corrected chi connectivity index (χ0v) is 11.3. The van der Waals surface area contributed by atoms with Crippen LogP contribution >= 0.6 is 23.2 Å². The molecule has 1 aromatic carbocycles. The van der Waals surface area contributed by atoms with E-state index in [1.54, 1.807) is 6.07 Å². The normalized spacial score (nSPS) is 11.1. The van der Waals surface area contributed by atoms with Crippen molar-refractivity contribution in [2.75, 3.05) is 26.7 Å². The minimum absolute atomic E-state index is 0.729. The van der Waals surface area contributed by atoms with Gasteiger partial charge in [-0.25, -0.2) is 0 Å². The van der Waals surface area contributed by atoms with Gasteiger partial charge < -0.3 is 10.2 Å². The molecular formula is C12H18Cl2N2. The summed E-state index contributed by atoms with van der Waals surface area (Å²) in [7, 11) is 2.11. The Kier molecular flexibility index (Phi) is 6.14. The van der Waals surface area contributed by atoms with Gasteiger partial charge in [-0.05, 0) is 37.4 Å². The molecular weight excluding hydrogens is 243 g/mol. The smallest absolute Gasteiger partial charge is 0.0451 e. The number of hydrogen-bond acceptors (Lipinski definition) is 2. The Morgan fingerprint density at radius 3 is 2.75 bits per heavy atom. The van der Waals surface area contributed by atoms with E-state index < -0.39 is 0 Å². The summed E-state index contributed by atoms with van der Waals surface area (Å²) in [5.41, 5.74) is 1.05. The molecule has 1 rings (SSSR count). The Hall–Kier alpha value is -0.280. The Labute approximate surface area is 108 Å². The quantitative estimate of drug-likeness (QED) is 0.792. The third-order valence-corrected chi connectivity index (χ3v) is 3.14. The third kappa shape index (κ3) is 4.71. The first kappa shape index (κ1) is 13.8. The Balaban J connectivity index is 2.34. The number of hydrogen-bond donors (Lipinski definition) is 1. The molecule has 0 spiro atoms. The first-order valence-corrected chi connectivity index (χ1v) is 6.22. The lowest BCUT2D eigenvalue weighted by molar-refractivity contribution is 0.349. The van der Waals surface area contributed by atoms with Crippen molar-refractivity contribution in [3.8, 4) is 0 Å². The molecule has 0 heterocycles. The van der Waals surface area contributed by atoms with E-state index >= 15 is 0 Å². The van der Waals surface area contributed by atoms with E-state index in [-0.39, 0.29) is 0 Å². The van der Waals surface area contributed by atoms with Gasteiger partial charge in [0.2, 0.25) is 0 Å². The summed E-state index contributed by atoms with van der Waals surface area (Å²) in [6.45, 7) is 5.96. The monoisotopic (exact) mass is 260 g/mol. The maximum absolute atomic E-state index is 6.06. The molecule has 0 aromatic heterocycles. The Bertz CT molecular complexity index is 329. The van der Waals surface area contributed by atoms with E-state index in [4.69, 9.17) is 23.2 Å². The van der Waals surface area contributed by atoms with E-state index in [0.29, 0.717) is 0 Å². The highest BCUT2D eigenvalue weighted by Gasteiger charge is 2.01. The van der Waals surface area contributed by atoms with E-state index in [2.05, 4.69) is 24.2 Å². The van der Waals surface area contributed by atoms with Crippen molar-refractivity contribution in [1.29, 1.82) is 0 Å². The second-order valence-corrected chi connectivity index (χ2v) is 4.65. The fourth-order valence-corrected chi connectivity index (χ4v) is 1.71. The lowest BCUT2D eigenvalue weighted by Gasteiger charge is -2.14. The van der Waals surface area contributed by atoms with Gasteiger partial charge >= 0.3 is 0 Å². The van der Waals surface area contributed by atoms with E-state index in [1.807, 2.05) is 12.1 Å². The van der Waals surface area contributed by atoms with Crippen molar-refractivity contribution >= 4 is 23.2 Å². The molecule has 4 heteroatoms. The van der Waals surface area contributed by atoms with Crippen molar-refractivity contribution < 1.29 is 0 Å². The molecule has 0 saturated heterocycles. The molecule has 90 valence electrons. The van der Waals surface area contributed by atoms with Crippen LogP contribution in [0.4, 0.5) is 0 Å². The van der Waals surface area contributed by atoms with Gasteiger partial charge in [-0.2, -0.15) is 0 Å². The van der Waals surface area contributed by atoms with Crippen molar-refractivity contribution in [3.63, 3.8) is 0 Å². The summed E-state index contributed by atoms with van der Waals surface area (Å²) >= 11 is 12.0. The Morgan fingerprint density at radius 2 is 2.06 bits per heavy atom. The predicted molar refractivity (Wildman–Crippen MR) is 71.3 cm³/mol. The first-order valence-electron chi connectivity index (χ1n) is 5.46. The predicted octanol–water partition coefficient (Wildman–Crippen LogP) is 3.03. The minimum atomic E-state index is 0.729.